The molecule has 0 aromatic carbocycles. The van der Waals surface area contributed by atoms with Gasteiger partial charge in [0.25, 0.3) is 0 Å². The molecule has 2 atom stereocenters. The first-order valence-electron chi connectivity index (χ1n) is 6.09. The summed E-state index contributed by atoms with van der Waals surface area (Å²) in [7, 11) is 0. The number of amides is 1. The average molecular weight is 214 g/mol. The Labute approximate surface area is 93.8 Å². The largest absolute Gasteiger partial charge is 0.354 e. The maximum Gasteiger partial charge on any atom is 0.222 e. The Morgan fingerprint density at radius 3 is 2.13 bits per heavy atom. The standard InChI is InChI=1S/C12H26N2O/c1-5-9(4)12(15)14-8-11(13)10(6-2)7-3/h9-11H,5-8,13H2,1-4H3,(H,14,15). The summed E-state index contributed by atoms with van der Waals surface area (Å²) < 4.78 is 0. The van der Waals surface area contributed by atoms with Crippen LogP contribution in [0.5, 0.6) is 0 Å². The van der Waals surface area contributed by atoms with Crippen LogP contribution in [0.2, 0.25) is 0 Å². The van der Waals surface area contributed by atoms with E-state index >= 15 is 0 Å². The first-order valence-corrected chi connectivity index (χ1v) is 6.09. The molecule has 0 bridgehead atoms. The van der Waals surface area contributed by atoms with E-state index in [-0.39, 0.29) is 17.9 Å². The molecule has 0 radical (unpaired) electrons. The van der Waals surface area contributed by atoms with Crippen molar-refractivity contribution in [1.29, 1.82) is 0 Å². The molecule has 3 nitrogen and oxygen atoms in total. The van der Waals surface area contributed by atoms with Crippen LogP contribution in [0.25, 0.3) is 0 Å². The molecule has 2 unspecified atom stereocenters. The number of hydrogen-bond acceptors (Lipinski definition) is 2. The van der Waals surface area contributed by atoms with Crippen LogP contribution in [0, 0.1) is 11.8 Å². The van der Waals surface area contributed by atoms with Crippen molar-refractivity contribution in [3.8, 4) is 0 Å². The molecular formula is C12H26N2O. The van der Waals surface area contributed by atoms with Gasteiger partial charge in [-0.1, -0.05) is 40.5 Å². The van der Waals surface area contributed by atoms with E-state index in [0.29, 0.717) is 12.5 Å². The van der Waals surface area contributed by atoms with Crippen molar-refractivity contribution in [3.63, 3.8) is 0 Å². The van der Waals surface area contributed by atoms with Gasteiger partial charge in [-0.05, 0) is 12.3 Å². The van der Waals surface area contributed by atoms with Gasteiger partial charge in [0.05, 0.1) is 0 Å². The van der Waals surface area contributed by atoms with Crippen molar-refractivity contribution >= 4 is 5.91 Å². The van der Waals surface area contributed by atoms with Gasteiger partial charge < -0.3 is 11.1 Å². The number of rotatable bonds is 7. The number of nitrogens with two attached hydrogens (primary N) is 1. The summed E-state index contributed by atoms with van der Waals surface area (Å²) in [6.07, 6.45) is 3.04. The third kappa shape index (κ3) is 5.17. The molecule has 0 aliphatic carbocycles. The minimum atomic E-state index is 0.0907. The van der Waals surface area contributed by atoms with Gasteiger partial charge in [-0.3, -0.25) is 4.79 Å². The van der Waals surface area contributed by atoms with Crippen LogP contribution in [0.3, 0.4) is 0 Å². The minimum absolute atomic E-state index is 0.0907. The van der Waals surface area contributed by atoms with Crippen molar-refractivity contribution in [2.24, 2.45) is 17.6 Å². The zero-order chi connectivity index (χ0) is 11.8. The van der Waals surface area contributed by atoms with Gasteiger partial charge in [-0.2, -0.15) is 0 Å². The molecule has 0 fully saturated rings. The van der Waals surface area contributed by atoms with Crippen LogP contribution in [0.15, 0.2) is 0 Å². The van der Waals surface area contributed by atoms with Gasteiger partial charge in [-0.15, -0.1) is 0 Å². The molecule has 90 valence electrons. The van der Waals surface area contributed by atoms with Crippen LogP contribution < -0.4 is 11.1 Å². The normalized spacial score (nSPS) is 15.1. The fourth-order valence-corrected chi connectivity index (χ4v) is 1.64. The first-order chi connectivity index (χ1) is 7.06. The fourth-order valence-electron chi connectivity index (χ4n) is 1.64. The fraction of sp³-hybridized carbons (Fsp3) is 0.917. The lowest BCUT2D eigenvalue weighted by molar-refractivity contribution is -0.124. The van der Waals surface area contributed by atoms with E-state index in [9.17, 15) is 4.79 Å². The quantitative estimate of drug-likeness (QED) is 0.680. The Balaban J connectivity index is 3.88. The van der Waals surface area contributed by atoms with Crippen molar-refractivity contribution in [2.45, 2.75) is 53.0 Å². The molecule has 0 spiro atoms. The SMILES string of the molecule is CCC(C)C(=O)NCC(N)C(CC)CC. The van der Waals surface area contributed by atoms with Gasteiger partial charge >= 0.3 is 0 Å². The molecule has 0 aromatic heterocycles. The molecule has 15 heavy (non-hydrogen) atoms. The van der Waals surface area contributed by atoms with E-state index in [1.54, 1.807) is 0 Å². The Morgan fingerprint density at radius 1 is 1.20 bits per heavy atom. The van der Waals surface area contributed by atoms with Gasteiger partial charge in [0, 0.05) is 18.5 Å². The van der Waals surface area contributed by atoms with Gasteiger partial charge in [0.1, 0.15) is 0 Å². The zero-order valence-corrected chi connectivity index (χ0v) is 10.5. The Hall–Kier alpha value is -0.570. The van der Waals surface area contributed by atoms with Crippen LogP contribution in [0.4, 0.5) is 0 Å². The summed E-state index contributed by atoms with van der Waals surface area (Å²) in [6, 6.07) is 0.0907. The maximum atomic E-state index is 11.5. The number of carbonyl (C=O) groups is 1. The highest BCUT2D eigenvalue weighted by Gasteiger charge is 2.16. The Kier molecular flexibility index (Phi) is 7.39. The molecule has 0 aliphatic rings. The summed E-state index contributed by atoms with van der Waals surface area (Å²) in [5.41, 5.74) is 6.01. The van der Waals surface area contributed by atoms with Crippen LogP contribution in [-0.2, 0) is 4.79 Å². The minimum Gasteiger partial charge on any atom is -0.354 e. The summed E-state index contributed by atoms with van der Waals surface area (Å²) >= 11 is 0. The molecule has 0 saturated heterocycles. The average Bonchev–Trinajstić information content (AvgIpc) is 2.26. The third-order valence-corrected chi connectivity index (χ3v) is 3.23. The molecule has 0 heterocycles. The molecule has 3 heteroatoms. The van der Waals surface area contributed by atoms with Crippen LogP contribution in [0.1, 0.15) is 47.0 Å². The van der Waals surface area contributed by atoms with Crippen molar-refractivity contribution in [3.05, 3.63) is 0 Å². The van der Waals surface area contributed by atoms with E-state index in [0.717, 1.165) is 19.3 Å². The Bertz CT molecular complexity index is 178. The van der Waals surface area contributed by atoms with Crippen LogP contribution >= 0.6 is 0 Å². The molecule has 3 N–H and O–H groups in total. The van der Waals surface area contributed by atoms with Gasteiger partial charge in [0.15, 0.2) is 0 Å². The summed E-state index contributed by atoms with van der Waals surface area (Å²) in [5.74, 6) is 0.736. The topological polar surface area (TPSA) is 55.1 Å². The van der Waals surface area contributed by atoms with Crippen molar-refractivity contribution < 1.29 is 4.79 Å². The third-order valence-electron chi connectivity index (χ3n) is 3.23. The van der Waals surface area contributed by atoms with E-state index in [2.05, 4.69) is 19.2 Å². The predicted molar refractivity (Wildman–Crippen MR) is 64.5 cm³/mol. The predicted octanol–water partition coefficient (Wildman–Crippen LogP) is 1.91. The number of carbonyl (C=O) groups excluding carboxylic acids is 1. The zero-order valence-electron chi connectivity index (χ0n) is 10.5. The van der Waals surface area contributed by atoms with Gasteiger partial charge in [0.2, 0.25) is 5.91 Å². The second-order valence-corrected chi connectivity index (χ2v) is 4.29. The maximum absolute atomic E-state index is 11.5. The number of nitrogens with one attached hydrogen (secondary N) is 1. The second-order valence-electron chi connectivity index (χ2n) is 4.29. The van der Waals surface area contributed by atoms with Crippen molar-refractivity contribution in [1.82, 2.24) is 5.32 Å². The molecule has 0 aromatic rings. The second kappa shape index (κ2) is 7.69. The van der Waals surface area contributed by atoms with Crippen molar-refractivity contribution in [2.75, 3.05) is 6.54 Å². The molecule has 0 rings (SSSR count). The highest BCUT2D eigenvalue weighted by Crippen LogP contribution is 2.10. The molecule has 1 amide bonds. The summed E-state index contributed by atoms with van der Waals surface area (Å²) in [4.78, 5) is 11.5. The van der Waals surface area contributed by atoms with Gasteiger partial charge in [-0.25, -0.2) is 0 Å². The summed E-state index contributed by atoms with van der Waals surface area (Å²) in [6.45, 7) is 8.85. The van der Waals surface area contributed by atoms with E-state index < -0.39 is 0 Å². The highest BCUT2D eigenvalue weighted by atomic mass is 16.1. The highest BCUT2D eigenvalue weighted by molar-refractivity contribution is 5.78. The number of hydrogen-bond donors (Lipinski definition) is 2. The Morgan fingerprint density at radius 2 is 1.73 bits per heavy atom. The van der Waals surface area contributed by atoms with E-state index in [1.165, 1.54) is 0 Å². The van der Waals surface area contributed by atoms with E-state index in [4.69, 9.17) is 5.73 Å². The lowest BCUT2D eigenvalue weighted by atomic mass is 9.95. The smallest absolute Gasteiger partial charge is 0.222 e. The first kappa shape index (κ1) is 14.4. The lowest BCUT2D eigenvalue weighted by Gasteiger charge is -2.22. The summed E-state index contributed by atoms with van der Waals surface area (Å²) in [5, 5.41) is 2.92. The molecule has 0 saturated carbocycles. The molecule has 0 aliphatic heterocycles. The molecular weight excluding hydrogens is 188 g/mol. The van der Waals surface area contributed by atoms with E-state index in [1.807, 2.05) is 13.8 Å². The monoisotopic (exact) mass is 214 g/mol. The lowest BCUT2D eigenvalue weighted by Crippen LogP contribution is -2.43. The van der Waals surface area contributed by atoms with Crippen LogP contribution in [-0.4, -0.2) is 18.5 Å².